The van der Waals surface area contributed by atoms with Gasteiger partial charge in [-0.3, -0.25) is 5.32 Å². The summed E-state index contributed by atoms with van der Waals surface area (Å²) in [5.74, 6) is 0. The first-order valence-electron chi connectivity index (χ1n) is 11.1. The molecule has 1 aromatic rings. The quantitative estimate of drug-likeness (QED) is 0.421. The molecule has 1 aromatic carbocycles. The Bertz CT molecular complexity index is 760. The number of nitrogens with one attached hydrogen (secondary N) is 4. The van der Waals surface area contributed by atoms with Crippen molar-refractivity contribution in [3.8, 4) is 0 Å². The van der Waals surface area contributed by atoms with E-state index in [1.54, 1.807) is 0 Å². The zero-order valence-electron chi connectivity index (χ0n) is 19.0. The number of hydrogen-bond acceptors (Lipinski definition) is 6. The fourth-order valence-electron chi connectivity index (χ4n) is 4.63. The maximum atomic E-state index is 6.76. The smallest absolute Gasteiger partial charge is 0.0838 e. The molecule has 0 amide bonds. The molecular weight excluding hydrogens is 374 g/mol. The van der Waals surface area contributed by atoms with E-state index in [0.29, 0.717) is 6.04 Å². The maximum Gasteiger partial charge on any atom is 0.0838 e. The van der Waals surface area contributed by atoms with Crippen molar-refractivity contribution in [1.29, 1.82) is 0 Å². The van der Waals surface area contributed by atoms with Crippen LogP contribution in [0.2, 0.25) is 0 Å². The van der Waals surface area contributed by atoms with Gasteiger partial charge in [-0.25, -0.2) is 0 Å². The van der Waals surface area contributed by atoms with E-state index < -0.39 is 0 Å². The van der Waals surface area contributed by atoms with Gasteiger partial charge >= 0.3 is 0 Å². The van der Waals surface area contributed by atoms with Gasteiger partial charge in [-0.15, -0.1) is 0 Å². The molecule has 166 valence electrons. The number of rotatable bonds is 8. The lowest BCUT2D eigenvalue weighted by atomic mass is 9.88. The Labute approximate surface area is 181 Å². The molecule has 5 atom stereocenters. The van der Waals surface area contributed by atoms with Gasteiger partial charge in [-0.2, -0.15) is 0 Å². The van der Waals surface area contributed by atoms with Crippen LogP contribution in [0.25, 0.3) is 0 Å². The van der Waals surface area contributed by atoms with Crippen LogP contribution in [0.3, 0.4) is 0 Å². The fourth-order valence-corrected chi connectivity index (χ4v) is 4.63. The van der Waals surface area contributed by atoms with E-state index in [1.807, 2.05) is 20.3 Å². The lowest BCUT2D eigenvalue weighted by molar-refractivity contribution is -0.0646. The Hall–Kier alpha value is -1.70. The van der Waals surface area contributed by atoms with Crippen molar-refractivity contribution < 1.29 is 4.74 Å². The third kappa shape index (κ3) is 5.50. The standard InChI is InChI=1S/C24H39N5O/c1-16-14-17(10-12-28-16)21(25)22(26-4)19-8-6-7-9-20(19)23(27-5)29-18-11-13-30-24(2,3)15-18/h6-10,12,14,16,18,21-23,26-29H,11,13,15,25H2,1-5H3. The highest BCUT2D eigenvalue weighted by atomic mass is 16.5. The van der Waals surface area contributed by atoms with Gasteiger partial charge in [0.1, 0.15) is 0 Å². The molecule has 0 aromatic heterocycles. The van der Waals surface area contributed by atoms with E-state index >= 15 is 0 Å². The summed E-state index contributed by atoms with van der Waals surface area (Å²) in [6.07, 6.45) is 8.32. The number of likely N-dealkylation sites (N-methyl/N-ethyl adjacent to an activating group) is 1. The van der Waals surface area contributed by atoms with E-state index in [0.717, 1.165) is 25.0 Å². The van der Waals surface area contributed by atoms with Crippen molar-refractivity contribution in [1.82, 2.24) is 21.3 Å². The van der Waals surface area contributed by atoms with Gasteiger partial charge < -0.3 is 26.4 Å². The van der Waals surface area contributed by atoms with E-state index in [2.05, 4.69) is 78.5 Å². The maximum absolute atomic E-state index is 6.76. The summed E-state index contributed by atoms with van der Waals surface area (Å²) in [6, 6.07) is 9.12. The molecule has 2 heterocycles. The highest BCUT2D eigenvalue weighted by Gasteiger charge is 2.31. The summed E-state index contributed by atoms with van der Waals surface area (Å²) in [6.45, 7) is 7.26. The molecule has 0 bridgehead atoms. The number of nitrogens with two attached hydrogens (primary N) is 1. The number of hydrogen-bond donors (Lipinski definition) is 5. The second kappa shape index (κ2) is 10.1. The SMILES string of the molecule is CNC(NC1CCOC(C)(C)C1)c1ccccc1C(NC)C(N)C1=CC(C)NC=C1. The van der Waals surface area contributed by atoms with Gasteiger partial charge in [-0.1, -0.05) is 30.3 Å². The summed E-state index contributed by atoms with van der Waals surface area (Å²) in [5.41, 5.74) is 10.3. The first-order chi connectivity index (χ1) is 14.3. The Morgan fingerprint density at radius 1 is 1.17 bits per heavy atom. The highest BCUT2D eigenvalue weighted by molar-refractivity contribution is 5.38. The highest BCUT2D eigenvalue weighted by Crippen LogP contribution is 2.30. The summed E-state index contributed by atoms with van der Waals surface area (Å²) >= 11 is 0. The number of dihydropyridines is 1. The van der Waals surface area contributed by atoms with Crippen molar-refractivity contribution in [2.45, 2.75) is 69.5 Å². The first kappa shape index (κ1) is 23.0. The minimum atomic E-state index is -0.142. The third-order valence-electron chi connectivity index (χ3n) is 6.16. The molecule has 1 fully saturated rings. The van der Waals surface area contributed by atoms with Crippen molar-refractivity contribution in [3.05, 3.63) is 59.3 Å². The van der Waals surface area contributed by atoms with E-state index in [4.69, 9.17) is 10.5 Å². The van der Waals surface area contributed by atoms with Crippen molar-refractivity contribution in [3.63, 3.8) is 0 Å². The van der Waals surface area contributed by atoms with E-state index in [9.17, 15) is 0 Å². The van der Waals surface area contributed by atoms with Crippen molar-refractivity contribution >= 4 is 0 Å². The predicted molar refractivity (Wildman–Crippen MR) is 124 cm³/mol. The van der Waals surface area contributed by atoms with Gasteiger partial charge in [-0.05, 0) is 76.7 Å². The molecule has 2 aliphatic rings. The van der Waals surface area contributed by atoms with Crippen LogP contribution in [0.4, 0.5) is 0 Å². The Kier molecular flexibility index (Phi) is 7.71. The second-order valence-electron chi connectivity index (χ2n) is 9.06. The predicted octanol–water partition coefficient (Wildman–Crippen LogP) is 2.47. The lowest BCUT2D eigenvalue weighted by Crippen LogP contribution is -2.48. The molecule has 6 nitrogen and oxygen atoms in total. The Balaban J connectivity index is 1.84. The van der Waals surface area contributed by atoms with Crippen LogP contribution in [-0.4, -0.2) is 44.4 Å². The van der Waals surface area contributed by atoms with Gasteiger partial charge in [0.05, 0.1) is 17.8 Å². The number of ether oxygens (including phenoxy) is 1. The van der Waals surface area contributed by atoms with Crippen molar-refractivity contribution in [2.75, 3.05) is 20.7 Å². The minimum absolute atomic E-state index is 0.00572. The molecule has 2 aliphatic heterocycles. The van der Waals surface area contributed by atoms with Gasteiger partial charge in [0.25, 0.3) is 0 Å². The average molecular weight is 414 g/mol. The van der Waals surface area contributed by atoms with Crippen LogP contribution in [-0.2, 0) is 4.74 Å². The Morgan fingerprint density at radius 2 is 1.90 bits per heavy atom. The lowest BCUT2D eigenvalue weighted by Gasteiger charge is -2.38. The van der Waals surface area contributed by atoms with E-state index in [1.165, 1.54) is 11.1 Å². The van der Waals surface area contributed by atoms with Crippen molar-refractivity contribution in [2.24, 2.45) is 5.73 Å². The minimum Gasteiger partial charge on any atom is -0.385 e. The van der Waals surface area contributed by atoms with Crippen LogP contribution >= 0.6 is 0 Å². The van der Waals surface area contributed by atoms with Crippen LogP contribution in [0.5, 0.6) is 0 Å². The summed E-state index contributed by atoms with van der Waals surface area (Å²) in [7, 11) is 3.99. The molecule has 0 radical (unpaired) electrons. The number of benzene rings is 1. The first-order valence-corrected chi connectivity index (χ1v) is 11.1. The van der Waals surface area contributed by atoms with Crippen LogP contribution in [0, 0.1) is 0 Å². The average Bonchev–Trinajstić information content (AvgIpc) is 2.72. The fraction of sp³-hybridized carbons (Fsp3) is 0.583. The molecule has 0 saturated carbocycles. The molecule has 3 rings (SSSR count). The summed E-state index contributed by atoms with van der Waals surface area (Å²) in [4.78, 5) is 0. The topological polar surface area (TPSA) is 83.4 Å². The van der Waals surface area contributed by atoms with Gasteiger partial charge in [0.2, 0.25) is 0 Å². The molecule has 0 spiro atoms. The van der Waals surface area contributed by atoms with Gasteiger partial charge in [0, 0.05) is 24.7 Å². The molecular formula is C24H39N5O. The molecule has 6 heteroatoms. The molecule has 30 heavy (non-hydrogen) atoms. The van der Waals surface area contributed by atoms with Crippen LogP contribution in [0.1, 0.15) is 56.9 Å². The third-order valence-corrected chi connectivity index (χ3v) is 6.16. The normalized spacial score (nSPS) is 26.4. The van der Waals surface area contributed by atoms with Crippen LogP contribution < -0.4 is 27.0 Å². The second-order valence-corrected chi connectivity index (χ2v) is 9.06. The molecule has 1 saturated heterocycles. The molecule has 6 N–H and O–H groups in total. The van der Waals surface area contributed by atoms with Gasteiger partial charge in [0.15, 0.2) is 0 Å². The largest absolute Gasteiger partial charge is 0.385 e. The van der Waals surface area contributed by atoms with E-state index in [-0.39, 0.29) is 29.9 Å². The molecule has 5 unspecified atom stereocenters. The van der Waals surface area contributed by atoms with Crippen LogP contribution in [0.15, 0.2) is 48.2 Å². The molecule has 0 aliphatic carbocycles. The zero-order valence-corrected chi connectivity index (χ0v) is 19.0. The summed E-state index contributed by atoms with van der Waals surface area (Å²) in [5, 5.41) is 14.1. The summed E-state index contributed by atoms with van der Waals surface area (Å²) < 4.78 is 5.90. The zero-order chi connectivity index (χ0) is 21.7. The Morgan fingerprint density at radius 3 is 2.53 bits per heavy atom. The monoisotopic (exact) mass is 413 g/mol.